The van der Waals surface area contributed by atoms with Crippen LogP contribution in [0.2, 0.25) is 0 Å². The molecule has 3 nitrogen and oxygen atoms in total. The molecule has 3 heteroatoms. The van der Waals surface area contributed by atoms with Gasteiger partial charge in [0.2, 0.25) is 0 Å². The van der Waals surface area contributed by atoms with Crippen LogP contribution in [0, 0.1) is 34.6 Å². The third-order valence-electron chi connectivity index (χ3n) is 4.84. The third-order valence-corrected chi connectivity index (χ3v) is 4.84. The highest BCUT2D eigenvalue weighted by Crippen LogP contribution is 2.23. The molecule has 0 spiro atoms. The fourth-order valence-corrected chi connectivity index (χ4v) is 3.32. The minimum Gasteiger partial charge on any atom is -0.481 e. The quantitative estimate of drug-likeness (QED) is 0.769. The molecule has 0 aliphatic carbocycles. The van der Waals surface area contributed by atoms with Crippen LogP contribution in [0.4, 0.5) is 0 Å². The highest BCUT2D eigenvalue weighted by Gasteiger charge is 2.21. The van der Waals surface area contributed by atoms with E-state index in [4.69, 9.17) is 4.74 Å². The van der Waals surface area contributed by atoms with Crippen molar-refractivity contribution in [3.63, 3.8) is 0 Å². The maximum atomic E-state index is 12.8. The van der Waals surface area contributed by atoms with Crippen LogP contribution in [-0.4, -0.2) is 12.0 Å². The fourth-order valence-electron chi connectivity index (χ4n) is 3.32. The van der Waals surface area contributed by atoms with Crippen molar-refractivity contribution in [2.45, 2.75) is 67.0 Å². The first kappa shape index (κ1) is 20.0. The molecule has 0 unspecified atom stereocenters. The number of amides is 1. The van der Waals surface area contributed by atoms with Gasteiger partial charge in [-0.3, -0.25) is 4.79 Å². The molecule has 0 aliphatic rings. The van der Waals surface area contributed by atoms with Crippen molar-refractivity contribution in [1.29, 1.82) is 0 Å². The largest absolute Gasteiger partial charge is 0.481 e. The number of ether oxygens (including phenoxy) is 1. The third kappa shape index (κ3) is 4.87. The summed E-state index contributed by atoms with van der Waals surface area (Å²) in [5, 5.41) is 3.12. The molecular weight excluding hydrogens is 322 g/mol. The van der Waals surface area contributed by atoms with Gasteiger partial charge in [0.25, 0.3) is 5.91 Å². The molecule has 0 aliphatic heterocycles. The average Bonchev–Trinajstić information content (AvgIpc) is 2.54. The molecule has 2 rings (SSSR count). The molecule has 26 heavy (non-hydrogen) atoms. The first-order valence-electron chi connectivity index (χ1n) is 9.34. The van der Waals surface area contributed by atoms with Gasteiger partial charge in [-0.25, -0.2) is 0 Å². The Morgan fingerprint density at radius 1 is 0.923 bits per heavy atom. The minimum absolute atomic E-state index is 0.0568. The van der Waals surface area contributed by atoms with Gasteiger partial charge in [0.05, 0.1) is 6.04 Å². The Hall–Kier alpha value is -2.29. The molecule has 2 aromatic rings. The second-order valence-electron chi connectivity index (χ2n) is 7.36. The van der Waals surface area contributed by atoms with Crippen LogP contribution < -0.4 is 10.1 Å². The Morgan fingerprint density at radius 3 is 2.08 bits per heavy atom. The molecule has 1 amide bonds. The Kier molecular flexibility index (Phi) is 6.47. The number of rotatable bonds is 6. The maximum Gasteiger partial charge on any atom is 0.261 e. The molecule has 0 fully saturated rings. The van der Waals surface area contributed by atoms with E-state index in [0.29, 0.717) is 6.42 Å². The topological polar surface area (TPSA) is 38.3 Å². The van der Waals surface area contributed by atoms with Gasteiger partial charge < -0.3 is 10.1 Å². The van der Waals surface area contributed by atoms with Crippen LogP contribution in [0.3, 0.4) is 0 Å². The molecule has 0 radical (unpaired) electrons. The van der Waals surface area contributed by atoms with Crippen LogP contribution >= 0.6 is 0 Å². The van der Waals surface area contributed by atoms with Crippen molar-refractivity contribution in [2.24, 2.45) is 0 Å². The zero-order valence-electron chi connectivity index (χ0n) is 17.1. The lowest BCUT2D eigenvalue weighted by atomic mass is 9.96. The van der Waals surface area contributed by atoms with Gasteiger partial charge in [-0.05, 0) is 93.5 Å². The van der Waals surface area contributed by atoms with Gasteiger partial charge in [0.1, 0.15) is 5.75 Å². The van der Waals surface area contributed by atoms with E-state index in [0.717, 1.165) is 22.4 Å². The van der Waals surface area contributed by atoms with Crippen LogP contribution in [0.5, 0.6) is 5.75 Å². The minimum atomic E-state index is -0.495. The number of hydrogen-bond acceptors (Lipinski definition) is 2. The molecule has 2 aromatic carbocycles. The van der Waals surface area contributed by atoms with Crippen molar-refractivity contribution in [1.82, 2.24) is 5.32 Å². The average molecular weight is 354 g/mol. The Bertz CT molecular complexity index is 775. The molecule has 0 saturated heterocycles. The van der Waals surface area contributed by atoms with Gasteiger partial charge in [-0.15, -0.1) is 0 Å². The normalized spacial score (nSPS) is 13.2. The van der Waals surface area contributed by atoms with E-state index in [1.54, 1.807) is 0 Å². The number of aryl methyl sites for hydroxylation is 5. The number of benzene rings is 2. The van der Waals surface area contributed by atoms with E-state index < -0.39 is 6.10 Å². The van der Waals surface area contributed by atoms with Crippen LogP contribution in [-0.2, 0) is 4.79 Å². The molecule has 1 N–H and O–H groups in total. The smallest absolute Gasteiger partial charge is 0.261 e. The van der Waals surface area contributed by atoms with Crippen molar-refractivity contribution < 1.29 is 9.53 Å². The van der Waals surface area contributed by atoms with Crippen LogP contribution in [0.25, 0.3) is 0 Å². The molecule has 2 atom stereocenters. The SMILES string of the molecule is CC[C@@H](Oc1cc(C)cc(C)c1)C(=O)N[C@H](C)c1cc(C)c(C)cc1C. The van der Waals surface area contributed by atoms with Gasteiger partial charge >= 0.3 is 0 Å². The monoisotopic (exact) mass is 353 g/mol. The summed E-state index contributed by atoms with van der Waals surface area (Å²) < 4.78 is 5.98. The molecule has 140 valence electrons. The van der Waals surface area contributed by atoms with Gasteiger partial charge in [0, 0.05) is 0 Å². The second-order valence-corrected chi connectivity index (χ2v) is 7.36. The first-order valence-corrected chi connectivity index (χ1v) is 9.34. The maximum absolute atomic E-state index is 12.8. The number of nitrogens with one attached hydrogen (secondary N) is 1. The van der Waals surface area contributed by atoms with Gasteiger partial charge in [-0.2, -0.15) is 0 Å². The van der Waals surface area contributed by atoms with E-state index >= 15 is 0 Å². The summed E-state index contributed by atoms with van der Waals surface area (Å²) in [6.07, 6.45) is 0.128. The van der Waals surface area contributed by atoms with E-state index in [-0.39, 0.29) is 11.9 Å². The lowest BCUT2D eigenvalue weighted by Crippen LogP contribution is -2.39. The van der Waals surface area contributed by atoms with Crippen molar-refractivity contribution in [3.8, 4) is 5.75 Å². The van der Waals surface area contributed by atoms with Crippen molar-refractivity contribution >= 4 is 5.91 Å². The summed E-state index contributed by atoms with van der Waals surface area (Å²) in [7, 11) is 0. The molecular formula is C23H31NO2. The summed E-state index contributed by atoms with van der Waals surface area (Å²) in [5.41, 5.74) is 7.13. The highest BCUT2D eigenvalue weighted by molar-refractivity contribution is 5.81. The van der Waals surface area contributed by atoms with Gasteiger partial charge in [0.15, 0.2) is 6.10 Å². The van der Waals surface area contributed by atoms with Crippen LogP contribution in [0.1, 0.15) is 59.7 Å². The second kappa shape index (κ2) is 8.39. The van der Waals surface area contributed by atoms with E-state index in [2.05, 4.69) is 44.3 Å². The molecule has 0 heterocycles. The predicted octanol–water partition coefficient (Wildman–Crippen LogP) is 5.26. The van der Waals surface area contributed by atoms with Crippen molar-refractivity contribution in [2.75, 3.05) is 0 Å². The lowest BCUT2D eigenvalue weighted by Gasteiger charge is -2.23. The van der Waals surface area contributed by atoms with Gasteiger partial charge in [-0.1, -0.05) is 25.1 Å². The predicted molar refractivity (Wildman–Crippen MR) is 108 cm³/mol. The molecule has 0 aromatic heterocycles. The van der Waals surface area contributed by atoms with E-state index in [9.17, 15) is 4.79 Å². The number of carbonyl (C=O) groups excluding carboxylic acids is 1. The van der Waals surface area contributed by atoms with E-state index in [1.165, 1.54) is 16.7 Å². The van der Waals surface area contributed by atoms with Crippen LogP contribution in [0.15, 0.2) is 30.3 Å². The number of hydrogen-bond donors (Lipinski definition) is 1. The molecule has 0 saturated carbocycles. The standard InChI is InChI=1S/C23H31NO2/c1-8-22(26-20-10-14(2)9-15(3)11-20)23(25)24-19(7)21-13-17(5)16(4)12-18(21)6/h9-13,19,22H,8H2,1-7H3,(H,24,25)/t19-,22-/m1/s1. The Morgan fingerprint density at radius 2 is 1.50 bits per heavy atom. The lowest BCUT2D eigenvalue weighted by molar-refractivity contribution is -0.128. The summed E-state index contributed by atoms with van der Waals surface area (Å²) in [6.45, 7) is 14.4. The zero-order valence-corrected chi connectivity index (χ0v) is 17.1. The fraction of sp³-hybridized carbons (Fsp3) is 0.435. The number of carbonyl (C=O) groups is 1. The summed E-state index contributed by atoms with van der Waals surface area (Å²) in [5.74, 6) is 0.677. The zero-order chi connectivity index (χ0) is 19.4. The van der Waals surface area contributed by atoms with E-state index in [1.807, 2.05) is 39.8 Å². The Balaban J connectivity index is 2.12. The summed E-state index contributed by atoms with van der Waals surface area (Å²) in [6, 6.07) is 10.3. The summed E-state index contributed by atoms with van der Waals surface area (Å²) >= 11 is 0. The molecule has 0 bridgehead atoms. The van der Waals surface area contributed by atoms with Crippen molar-refractivity contribution in [3.05, 3.63) is 63.7 Å². The Labute approximate surface area is 157 Å². The summed E-state index contributed by atoms with van der Waals surface area (Å²) in [4.78, 5) is 12.8. The first-order chi connectivity index (χ1) is 12.2. The highest BCUT2D eigenvalue weighted by atomic mass is 16.5.